The summed E-state index contributed by atoms with van der Waals surface area (Å²) >= 11 is 0. The fourth-order valence-electron chi connectivity index (χ4n) is 3.24. The van der Waals surface area contributed by atoms with E-state index in [1.807, 2.05) is 0 Å². The van der Waals surface area contributed by atoms with Gasteiger partial charge in [-0.2, -0.15) is 0 Å². The van der Waals surface area contributed by atoms with Crippen molar-refractivity contribution in [2.75, 3.05) is 39.3 Å². The predicted octanol–water partition coefficient (Wildman–Crippen LogP) is 1.83. The molecule has 3 atom stereocenters. The molecule has 0 aromatic heterocycles. The topological polar surface area (TPSA) is 15.7 Å². The minimum absolute atomic E-state index is 0.402. The summed E-state index contributed by atoms with van der Waals surface area (Å²) in [4.78, 5) is 5.21. The van der Waals surface area contributed by atoms with Crippen LogP contribution in [0.4, 0.5) is 0 Å². The first-order valence-corrected chi connectivity index (χ1v) is 7.23. The maximum atomic E-state index is 5.77. The highest BCUT2D eigenvalue weighted by Gasteiger charge is 2.23. The van der Waals surface area contributed by atoms with Gasteiger partial charge in [0.2, 0.25) is 0 Å². The van der Waals surface area contributed by atoms with Gasteiger partial charge < -0.3 is 9.64 Å². The lowest BCUT2D eigenvalue weighted by Crippen LogP contribution is -2.48. The molecule has 2 aliphatic heterocycles. The van der Waals surface area contributed by atoms with Crippen LogP contribution < -0.4 is 0 Å². The first kappa shape index (κ1) is 13.3. The van der Waals surface area contributed by atoms with Crippen molar-refractivity contribution in [2.45, 2.75) is 45.8 Å². The number of nitrogens with zero attached hydrogens (tertiary/aromatic N) is 2. The number of hydrogen-bond acceptors (Lipinski definition) is 3. The third kappa shape index (κ3) is 4.23. The van der Waals surface area contributed by atoms with Crippen LogP contribution >= 0.6 is 0 Å². The first-order valence-electron chi connectivity index (χ1n) is 7.23. The molecule has 0 N–H and O–H groups in total. The van der Waals surface area contributed by atoms with Gasteiger partial charge in [-0.3, -0.25) is 4.90 Å². The van der Waals surface area contributed by atoms with E-state index >= 15 is 0 Å². The SMILES string of the molecule is C[C@H]1CCCN(CCN2C[C@@H](C)O[C@@H](C)C2)C1. The molecule has 0 amide bonds. The minimum atomic E-state index is 0.402. The molecular weight excluding hydrogens is 212 g/mol. The number of hydrogen-bond donors (Lipinski definition) is 0. The Morgan fingerprint density at radius 1 is 0.941 bits per heavy atom. The van der Waals surface area contributed by atoms with Crippen molar-refractivity contribution in [3.8, 4) is 0 Å². The van der Waals surface area contributed by atoms with Crippen molar-refractivity contribution < 1.29 is 4.74 Å². The van der Waals surface area contributed by atoms with Gasteiger partial charge in [0, 0.05) is 32.7 Å². The van der Waals surface area contributed by atoms with Crippen molar-refractivity contribution in [3.63, 3.8) is 0 Å². The van der Waals surface area contributed by atoms with Crippen LogP contribution in [0.15, 0.2) is 0 Å². The van der Waals surface area contributed by atoms with Crippen molar-refractivity contribution in [3.05, 3.63) is 0 Å². The quantitative estimate of drug-likeness (QED) is 0.748. The predicted molar refractivity (Wildman–Crippen MR) is 71.3 cm³/mol. The molecule has 3 heteroatoms. The highest BCUT2D eigenvalue weighted by Crippen LogP contribution is 2.16. The Morgan fingerprint density at radius 3 is 2.24 bits per heavy atom. The van der Waals surface area contributed by atoms with Crippen LogP contribution in [0.2, 0.25) is 0 Å². The van der Waals surface area contributed by atoms with E-state index in [1.54, 1.807) is 0 Å². The number of likely N-dealkylation sites (tertiary alicyclic amines) is 1. The zero-order valence-corrected chi connectivity index (χ0v) is 11.7. The first-order chi connectivity index (χ1) is 8.13. The third-order valence-corrected chi connectivity index (χ3v) is 3.97. The van der Waals surface area contributed by atoms with Crippen molar-refractivity contribution in [2.24, 2.45) is 5.92 Å². The molecule has 0 unspecified atom stereocenters. The Balaban J connectivity index is 1.70. The standard InChI is InChI=1S/C14H28N2O/c1-12-5-4-6-15(9-12)7-8-16-10-13(2)17-14(3)11-16/h12-14H,4-11H2,1-3H3/t12-,13-,14+/m0/s1. The fourth-order valence-corrected chi connectivity index (χ4v) is 3.24. The lowest BCUT2D eigenvalue weighted by molar-refractivity contribution is -0.0698. The minimum Gasteiger partial charge on any atom is -0.373 e. The number of ether oxygens (including phenoxy) is 1. The van der Waals surface area contributed by atoms with E-state index in [0.29, 0.717) is 12.2 Å². The fraction of sp³-hybridized carbons (Fsp3) is 1.00. The summed E-state index contributed by atoms with van der Waals surface area (Å²) in [5, 5.41) is 0. The molecular formula is C14H28N2O. The molecule has 0 aromatic rings. The van der Waals surface area contributed by atoms with Crippen LogP contribution in [0.3, 0.4) is 0 Å². The Morgan fingerprint density at radius 2 is 1.59 bits per heavy atom. The molecule has 0 bridgehead atoms. The van der Waals surface area contributed by atoms with Gasteiger partial charge >= 0.3 is 0 Å². The summed E-state index contributed by atoms with van der Waals surface area (Å²) in [5.41, 5.74) is 0. The largest absolute Gasteiger partial charge is 0.373 e. The number of rotatable bonds is 3. The zero-order valence-electron chi connectivity index (χ0n) is 11.7. The molecule has 0 radical (unpaired) electrons. The second-order valence-corrected chi connectivity index (χ2v) is 6.06. The Hall–Kier alpha value is -0.120. The molecule has 0 aromatic carbocycles. The van der Waals surface area contributed by atoms with E-state index in [9.17, 15) is 0 Å². The maximum absolute atomic E-state index is 5.77. The highest BCUT2D eigenvalue weighted by atomic mass is 16.5. The van der Waals surface area contributed by atoms with E-state index in [4.69, 9.17) is 4.74 Å². The summed E-state index contributed by atoms with van der Waals surface area (Å²) in [6, 6.07) is 0. The van der Waals surface area contributed by atoms with Crippen LogP contribution in [-0.4, -0.2) is 61.3 Å². The molecule has 2 rings (SSSR count). The zero-order chi connectivity index (χ0) is 12.3. The summed E-state index contributed by atoms with van der Waals surface area (Å²) in [5.74, 6) is 0.895. The molecule has 2 saturated heterocycles. The molecule has 100 valence electrons. The van der Waals surface area contributed by atoms with Crippen LogP contribution in [0.1, 0.15) is 33.6 Å². The highest BCUT2D eigenvalue weighted by molar-refractivity contribution is 4.76. The normalized spacial score (nSPS) is 37.2. The van der Waals surface area contributed by atoms with Gasteiger partial charge in [0.25, 0.3) is 0 Å². The molecule has 0 saturated carbocycles. The smallest absolute Gasteiger partial charge is 0.0678 e. The Bertz CT molecular complexity index is 224. The molecule has 2 heterocycles. The van der Waals surface area contributed by atoms with Crippen LogP contribution in [0.5, 0.6) is 0 Å². The second kappa shape index (κ2) is 6.17. The monoisotopic (exact) mass is 240 g/mol. The number of morpholine rings is 1. The van der Waals surface area contributed by atoms with E-state index in [0.717, 1.165) is 19.0 Å². The van der Waals surface area contributed by atoms with Crippen LogP contribution in [-0.2, 0) is 4.74 Å². The molecule has 17 heavy (non-hydrogen) atoms. The van der Waals surface area contributed by atoms with Gasteiger partial charge in [-0.05, 0) is 39.2 Å². The lowest BCUT2D eigenvalue weighted by Gasteiger charge is -2.37. The number of piperidine rings is 1. The summed E-state index contributed by atoms with van der Waals surface area (Å²) in [6.07, 6.45) is 3.61. The molecule has 0 aliphatic carbocycles. The molecule has 2 fully saturated rings. The van der Waals surface area contributed by atoms with Crippen molar-refractivity contribution in [1.82, 2.24) is 9.80 Å². The van der Waals surface area contributed by atoms with Gasteiger partial charge in [-0.1, -0.05) is 6.92 Å². The van der Waals surface area contributed by atoms with Crippen molar-refractivity contribution in [1.29, 1.82) is 0 Å². The summed E-state index contributed by atoms with van der Waals surface area (Å²) in [7, 11) is 0. The lowest BCUT2D eigenvalue weighted by atomic mass is 10.0. The van der Waals surface area contributed by atoms with Gasteiger partial charge in [-0.15, -0.1) is 0 Å². The van der Waals surface area contributed by atoms with E-state index in [1.165, 1.54) is 39.0 Å². The maximum Gasteiger partial charge on any atom is 0.0678 e. The Kier molecular flexibility index (Phi) is 4.83. The van der Waals surface area contributed by atoms with Gasteiger partial charge in [-0.25, -0.2) is 0 Å². The third-order valence-electron chi connectivity index (χ3n) is 3.97. The second-order valence-electron chi connectivity index (χ2n) is 6.06. The average Bonchev–Trinajstić information content (AvgIpc) is 2.25. The van der Waals surface area contributed by atoms with E-state index in [2.05, 4.69) is 30.6 Å². The van der Waals surface area contributed by atoms with Crippen molar-refractivity contribution >= 4 is 0 Å². The van der Waals surface area contributed by atoms with Gasteiger partial charge in [0.1, 0.15) is 0 Å². The molecule has 0 spiro atoms. The van der Waals surface area contributed by atoms with E-state index < -0.39 is 0 Å². The van der Waals surface area contributed by atoms with Gasteiger partial charge in [0.15, 0.2) is 0 Å². The van der Waals surface area contributed by atoms with Gasteiger partial charge in [0.05, 0.1) is 12.2 Å². The summed E-state index contributed by atoms with van der Waals surface area (Å²) in [6.45, 7) is 14.0. The molecule has 3 nitrogen and oxygen atoms in total. The Labute approximate surface area is 106 Å². The van der Waals surface area contributed by atoms with E-state index in [-0.39, 0.29) is 0 Å². The van der Waals surface area contributed by atoms with Crippen LogP contribution in [0, 0.1) is 5.92 Å². The van der Waals surface area contributed by atoms with Crippen LogP contribution in [0.25, 0.3) is 0 Å². The molecule has 2 aliphatic rings. The summed E-state index contributed by atoms with van der Waals surface area (Å²) < 4.78 is 5.77. The average molecular weight is 240 g/mol.